The maximum absolute atomic E-state index is 14.4. The summed E-state index contributed by atoms with van der Waals surface area (Å²) in [6, 6.07) is 12.9. The van der Waals surface area contributed by atoms with Crippen molar-refractivity contribution in [1.29, 1.82) is 0 Å². The number of aryl methyl sites for hydroxylation is 2. The van der Waals surface area contributed by atoms with Crippen molar-refractivity contribution in [2.75, 3.05) is 13.7 Å². The van der Waals surface area contributed by atoms with Crippen LogP contribution in [-0.4, -0.2) is 60.1 Å². The van der Waals surface area contributed by atoms with Crippen LogP contribution >= 0.6 is 0 Å². The van der Waals surface area contributed by atoms with Crippen LogP contribution in [0.5, 0.6) is 0 Å². The summed E-state index contributed by atoms with van der Waals surface area (Å²) in [5, 5.41) is 5.41. The van der Waals surface area contributed by atoms with Crippen molar-refractivity contribution in [1.82, 2.24) is 15.5 Å². The molecule has 3 rings (SSSR count). The van der Waals surface area contributed by atoms with Gasteiger partial charge in [-0.2, -0.15) is 0 Å². The van der Waals surface area contributed by atoms with Crippen LogP contribution in [-0.2, 0) is 30.3 Å². The Bertz CT molecular complexity index is 1200. The molecule has 1 aliphatic rings. The Morgan fingerprint density at radius 2 is 1.62 bits per heavy atom. The Kier molecular flexibility index (Phi) is 9.95. The first kappa shape index (κ1) is 30.7. The number of carbonyl (C=O) groups is 4. The Morgan fingerprint density at radius 3 is 2.15 bits per heavy atom. The second-order valence-corrected chi connectivity index (χ2v) is 11.5. The Balaban J connectivity index is 2.05. The Morgan fingerprint density at radius 1 is 1.02 bits per heavy atom. The second-order valence-electron chi connectivity index (χ2n) is 11.5. The number of esters is 1. The summed E-state index contributed by atoms with van der Waals surface area (Å²) in [4.78, 5) is 54.5. The molecule has 9 heteroatoms. The maximum Gasteiger partial charge on any atom is 0.408 e. The van der Waals surface area contributed by atoms with E-state index in [1.807, 2.05) is 69.3 Å². The number of ether oxygens (including phenoxy) is 2. The molecule has 4 atom stereocenters. The summed E-state index contributed by atoms with van der Waals surface area (Å²) in [6.07, 6.45) is 0.200. The highest BCUT2D eigenvalue weighted by Gasteiger charge is 2.48. The van der Waals surface area contributed by atoms with Crippen LogP contribution in [0.2, 0.25) is 0 Å². The largest absolute Gasteiger partial charge is 0.468 e. The molecule has 0 aromatic heterocycles. The van der Waals surface area contributed by atoms with Gasteiger partial charge in [-0.25, -0.2) is 4.79 Å². The van der Waals surface area contributed by atoms with E-state index in [0.29, 0.717) is 12.0 Å². The van der Waals surface area contributed by atoms with Gasteiger partial charge in [-0.05, 0) is 58.1 Å². The molecule has 1 aliphatic carbocycles. The molecule has 1 fully saturated rings. The zero-order valence-corrected chi connectivity index (χ0v) is 24.4. The van der Waals surface area contributed by atoms with Crippen molar-refractivity contribution in [3.05, 3.63) is 70.8 Å². The normalized spacial score (nSPS) is 17.7. The minimum Gasteiger partial charge on any atom is -0.468 e. The summed E-state index contributed by atoms with van der Waals surface area (Å²) in [7, 11) is 1.24. The highest BCUT2D eigenvalue weighted by molar-refractivity contribution is 5.93. The molecule has 3 amide bonds. The van der Waals surface area contributed by atoms with Crippen LogP contribution in [0, 0.1) is 19.8 Å². The fraction of sp³-hybridized carbons (Fsp3) is 0.484. The maximum atomic E-state index is 14.4. The number of methoxy groups -OCH3 is 1. The number of amides is 3. The van der Waals surface area contributed by atoms with Gasteiger partial charge >= 0.3 is 12.1 Å². The van der Waals surface area contributed by atoms with Gasteiger partial charge in [0.2, 0.25) is 11.8 Å². The van der Waals surface area contributed by atoms with E-state index in [0.717, 1.165) is 16.7 Å². The molecule has 216 valence electrons. The predicted octanol–water partition coefficient (Wildman–Crippen LogP) is 4.01. The lowest BCUT2D eigenvalue weighted by Crippen LogP contribution is -2.55. The molecule has 1 saturated carbocycles. The number of hydrogen-bond acceptors (Lipinski definition) is 6. The van der Waals surface area contributed by atoms with E-state index in [9.17, 15) is 19.2 Å². The number of carbonyl (C=O) groups excluding carboxylic acids is 4. The van der Waals surface area contributed by atoms with E-state index in [1.165, 1.54) is 7.11 Å². The van der Waals surface area contributed by atoms with Gasteiger partial charge < -0.3 is 25.0 Å². The van der Waals surface area contributed by atoms with E-state index in [1.54, 1.807) is 25.7 Å². The molecular weight excluding hydrogens is 510 g/mol. The molecule has 2 N–H and O–H groups in total. The van der Waals surface area contributed by atoms with Crippen LogP contribution in [0.15, 0.2) is 48.5 Å². The first-order valence-corrected chi connectivity index (χ1v) is 13.6. The van der Waals surface area contributed by atoms with Gasteiger partial charge in [0, 0.05) is 12.5 Å². The van der Waals surface area contributed by atoms with Gasteiger partial charge in [-0.1, -0.05) is 66.6 Å². The van der Waals surface area contributed by atoms with Crippen LogP contribution in [0.25, 0.3) is 0 Å². The van der Waals surface area contributed by atoms with Gasteiger partial charge in [0.25, 0.3) is 0 Å². The zero-order valence-electron chi connectivity index (χ0n) is 24.4. The molecule has 4 unspecified atom stereocenters. The number of alkyl carbamates (subject to hydrolysis) is 1. The SMILES string of the molecule is COC(=O)CNC(=O)C(c1cc(C)cc(C)c1)N(C(=O)C(Cc1ccccc1)NC(=O)OC(C)(C)C)C1CC1C. The average molecular weight is 552 g/mol. The summed E-state index contributed by atoms with van der Waals surface area (Å²) >= 11 is 0. The number of nitrogens with one attached hydrogen (secondary N) is 2. The highest BCUT2D eigenvalue weighted by Crippen LogP contribution is 2.41. The number of rotatable bonds is 10. The van der Waals surface area contributed by atoms with E-state index >= 15 is 0 Å². The molecule has 0 bridgehead atoms. The second kappa shape index (κ2) is 13.0. The Hall–Kier alpha value is -3.88. The monoisotopic (exact) mass is 551 g/mol. The van der Waals surface area contributed by atoms with Crippen LogP contribution in [0.1, 0.15) is 62.4 Å². The predicted molar refractivity (Wildman–Crippen MR) is 151 cm³/mol. The third-order valence-electron chi connectivity index (χ3n) is 6.67. The van der Waals surface area contributed by atoms with Gasteiger partial charge in [-0.15, -0.1) is 0 Å². The smallest absolute Gasteiger partial charge is 0.408 e. The van der Waals surface area contributed by atoms with Crippen molar-refractivity contribution in [3.63, 3.8) is 0 Å². The summed E-state index contributed by atoms with van der Waals surface area (Å²) in [5.41, 5.74) is 2.58. The number of benzene rings is 2. The molecule has 40 heavy (non-hydrogen) atoms. The van der Waals surface area contributed by atoms with E-state index < -0.39 is 41.6 Å². The summed E-state index contributed by atoms with van der Waals surface area (Å²) in [5.74, 6) is -1.34. The zero-order chi connectivity index (χ0) is 29.6. The van der Waals surface area contributed by atoms with Crippen molar-refractivity contribution in [2.24, 2.45) is 5.92 Å². The molecule has 2 aromatic carbocycles. The van der Waals surface area contributed by atoms with E-state index in [2.05, 4.69) is 10.6 Å². The molecule has 0 aliphatic heterocycles. The van der Waals surface area contributed by atoms with E-state index in [-0.39, 0.29) is 24.9 Å². The fourth-order valence-corrected chi connectivity index (χ4v) is 4.79. The molecular formula is C31H41N3O6. The average Bonchev–Trinajstić information content (AvgIpc) is 3.59. The quantitative estimate of drug-likeness (QED) is 0.432. The fourth-order valence-electron chi connectivity index (χ4n) is 4.79. The van der Waals surface area contributed by atoms with Crippen LogP contribution in [0.3, 0.4) is 0 Å². The summed E-state index contributed by atoms with van der Waals surface area (Å²) in [6.45, 7) is 10.8. The lowest BCUT2D eigenvalue weighted by molar-refractivity contribution is -0.145. The van der Waals surface area contributed by atoms with Crippen LogP contribution in [0.4, 0.5) is 4.79 Å². The molecule has 0 radical (unpaired) electrons. The van der Waals surface area contributed by atoms with E-state index in [4.69, 9.17) is 9.47 Å². The van der Waals surface area contributed by atoms with Gasteiger partial charge in [0.05, 0.1) is 7.11 Å². The number of nitrogens with zero attached hydrogens (tertiary/aromatic N) is 1. The van der Waals surface area contributed by atoms with Crippen molar-refractivity contribution in [2.45, 2.75) is 78.1 Å². The molecule has 0 heterocycles. The standard InChI is InChI=1S/C31H41N3O6/c1-19-13-20(2)15-23(14-19)27(28(36)32-18-26(35)39-7)34(25-16-21(25)3)29(37)24(17-22-11-9-8-10-12-22)33-30(38)40-31(4,5)6/h8-15,21,24-25,27H,16-18H2,1-7H3,(H,32,36)(H,33,38). The van der Waals surface area contributed by atoms with Gasteiger partial charge in [0.15, 0.2) is 0 Å². The summed E-state index contributed by atoms with van der Waals surface area (Å²) < 4.78 is 10.2. The van der Waals surface area contributed by atoms with Crippen molar-refractivity contribution >= 4 is 23.9 Å². The third-order valence-corrected chi connectivity index (χ3v) is 6.67. The minimum absolute atomic E-state index is 0.157. The van der Waals surface area contributed by atoms with Gasteiger partial charge in [0.1, 0.15) is 24.2 Å². The first-order chi connectivity index (χ1) is 18.8. The number of hydrogen-bond donors (Lipinski definition) is 2. The Labute approximate surface area is 236 Å². The minimum atomic E-state index is -1.02. The van der Waals surface area contributed by atoms with Crippen molar-refractivity contribution in [3.8, 4) is 0 Å². The highest BCUT2D eigenvalue weighted by atomic mass is 16.6. The molecule has 0 spiro atoms. The lowest BCUT2D eigenvalue weighted by atomic mass is 9.97. The topological polar surface area (TPSA) is 114 Å². The molecule has 2 aromatic rings. The third kappa shape index (κ3) is 8.56. The van der Waals surface area contributed by atoms with Gasteiger partial charge in [-0.3, -0.25) is 14.4 Å². The molecule has 0 saturated heterocycles. The first-order valence-electron chi connectivity index (χ1n) is 13.6. The lowest BCUT2D eigenvalue weighted by Gasteiger charge is -2.35. The van der Waals surface area contributed by atoms with Crippen LogP contribution < -0.4 is 10.6 Å². The molecule has 9 nitrogen and oxygen atoms in total. The van der Waals surface area contributed by atoms with Crippen molar-refractivity contribution < 1.29 is 28.7 Å².